The molecular formula is C21H28O5. The third kappa shape index (κ3) is 4.41. The highest BCUT2D eigenvalue weighted by Crippen LogP contribution is 2.36. The molecule has 2 N–H and O–H groups in total. The number of aromatic hydroxyl groups is 1. The molecule has 0 saturated carbocycles. The minimum Gasteiger partial charge on any atom is -0.504 e. The average molecular weight is 360 g/mol. The second kappa shape index (κ2) is 8.81. The smallest absolute Gasteiger partial charge is 0.161 e. The fraction of sp³-hybridized carbons (Fsp3) is 0.429. The fourth-order valence-corrected chi connectivity index (χ4v) is 3.06. The van der Waals surface area contributed by atoms with Crippen molar-refractivity contribution < 1.29 is 24.4 Å². The molecule has 2 aromatic carbocycles. The highest BCUT2D eigenvalue weighted by Gasteiger charge is 2.24. The van der Waals surface area contributed by atoms with E-state index in [0.717, 1.165) is 17.5 Å². The van der Waals surface area contributed by atoms with Crippen molar-refractivity contribution in [2.75, 3.05) is 21.3 Å². The molecule has 0 unspecified atom stereocenters. The number of hydrogen-bond donors (Lipinski definition) is 2. The third-order valence-electron chi connectivity index (χ3n) is 4.95. The molecule has 5 heteroatoms. The summed E-state index contributed by atoms with van der Waals surface area (Å²) in [5.74, 6) is 2.07. The second-order valence-corrected chi connectivity index (χ2v) is 6.61. The normalized spacial score (nSPS) is 14.4. The molecule has 0 fully saturated rings. The number of aliphatic hydroxyl groups excluding tert-OH is 1. The van der Waals surface area contributed by atoms with E-state index in [1.807, 2.05) is 31.2 Å². The fourth-order valence-electron chi connectivity index (χ4n) is 3.06. The van der Waals surface area contributed by atoms with E-state index in [1.165, 1.54) is 7.11 Å². The van der Waals surface area contributed by atoms with E-state index in [1.54, 1.807) is 26.4 Å². The Kier molecular flexibility index (Phi) is 6.75. The SMILES string of the molecule is COc1cc(C[C@H](C)[C@@H](C)[C@@H](O)c2ccc(OC)c(OC)c2)ccc1O. The maximum atomic E-state index is 10.8. The van der Waals surface area contributed by atoms with Gasteiger partial charge in [-0.3, -0.25) is 0 Å². The molecule has 26 heavy (non-hydrogen) atoms. The third-order valence-corrected chi connectivity index (χ3v) is 4.95. The van der Waals surface area contributed by atoms with Gasteiger partial charge >= 0.3 is 0 Å². The number of rotatable bonds is 8. The van der Waals surface area contributed by atoms with Gasteiger partial charge in [0.25, 0.3) is 0 Å². The van der Waals surface area contributed by atoms with Gasteiger partial charge in [0.05, 0.1) is 27.4 Å². The molecule has 0 spiro atoms. The van der Waals surface area contributed by atoms with Gasteiger partial charge in [-0.05, 0) is 53.6 Å². The van der Waals surface area contributed by atoms with Crippen molar-refractivity contribution in [3.63, 3.8) is 0 Å². The van der Waals surface area contributed by atoms with Crippen molar-refractivity contribution in [2.45, 2.75) is 26.4 Å². The second-order valence-electron chi connectivity index (χ2n) is 6.61. The van der Waals surface area contributed by atoms with E-state index in [4.69, 9.17) is 14.2 Å². The Bertz CT molecular complexity index is 728. The maximum Gasteiger partial charge on any atom is 0.161 e. The summed E-state index contributed by atoms with van der Waals surface area (Å²) in [6.45, 7) is 4.14. The van der Waals surface area contributed by atoms with Gasteiger partial charge in [-0.25, -0.2) is 0 Å². The van der Waals surface area contributed by atoms with Crippen molar-refractivity contribution in [1.82, 2.24) is 0 Å². The first-order valence-corrected chi connectivity index (χ1v) is 8.67. The minimum absolute atomic E-state index is 0.0212. The molecule has 2 rings (SSSR count). The van der Waals surface area contributed by atoms with Gasteiger partial charge in [0, 0.05) is 0 Å². The van der Waals surface area contributed by atoms with Crippen LogP contribution in [0.25, 0.3) is 0 Å². The van der Waals surface area contributed by atoms with Crippen LogP contribution in [-0.4, -0.2) is 31.5 Å². The molecule has 0 heterocycles. The van der Waals surface area contributed by atoms with Gasteiger partial charge in [-0.1, -0.05) is 26.0 Å². The van der Waals surface area contributed by atoms with Crippen molar-refractivity contribution in [1.29, 1.82) is 0 Å². The van der Waals surface area contributed by atoms with E-state index >= 15 is 0 Å². The van der Waals surface area contributed by atoms with Gasteiger partial charge < -0.3 is 24.4 Å². The number of phenols is 1. The number of hydrogen-bond acceptors (Lipinski definition) is 5. The van der Waals surface area contributed by atoms with Crippen LogP contribution in [0.2, 0.25) is 0 Å². The van der Waals surface area contributed by atoms with E-state index in [2.05, 4.69) is 6.92 Å². The standard InChI is InChI=1S/C21H28O5/c1-13(10-15-6-8-17(22)19(11-15)25-4)14(2)21(23)16-7-9-18(24-3)20(12-16)26-5/h6-9,11-14,21-23H,10H2,1-5H3/t13-,14+,21+/m0/s1. The summed E-state index contributed by atoms with van der Waals surface area (Å²) in [7, 11) is 4.70. The van der Waals surface area contributed by atoms with Crippen LogP contribution in [0.3, 0.4) is 0 Å². The van der Waals surface area contributed by atoms with E-state index in [-0.39, 0.29) is 17.6 Å². The van der Waals surface area contributed by atoms with E-state index in [9.17, 15) is 10.2 Å². The Hall–Kier alpha value is -2.40. The number of benzene rings is 2. The molecule has 2 aromatic rings. The van der Waals surface area contributed by atoms with Crippen LogP contribution in [0, 0.1) is 11.8 Å². The van der Waals surface area contributed by atoms with Crippen molar-refractivity contribution in [3.05, 3.63) is 47.5 Å². The van der Waals surface area contributed by atoms with Crippen LogP contribution in [0.5, 0.6) is 23.0 Å². The Morgan fingerprint density at radius 3 is 2.12 bits per heavy atom. The molecule has 142 valence electrons. The first-order chi connectivity index (χ1) is 12.4. The van der Waals surface area contributed by atoms with Crippen LogP contribution in [0.15, 0.2) is 36.4 Å². The summed E-state index contributed by atoms with van der Waals surface area (Å²) in [5, 5.41) is 20.5. The van der Waals surface area contributed by atoms with Crippen molar-refractivity contribution in [3.8, 4) is 23.0 Å². The lowest BCUT2D eigenvalue weighted by Crippen LogP contribution is -2.19. The molecular weight excluding hydrogens is 332 g/mol. The summed E-state index contributed by atoms with van der Waals surface area (Å²) in [6.07, 6.45) is 0.145. The Labute approximate surface area is 155 Å². The summed E-state index contributed by atoms with van der Waals surface area (Å²) < 4.78 is 15.7. The summed E-state index contributed by atoms with van der Waals surface area (Å²) in [6, 6.07) is 10.8. The van der Waals surface area contributed by atoms with Crippen LogP contribution >= 0.6 is 0 Å². The molecule has 0 aliphatic heterocycles. The lowest BCUT2D eigenvalue weighted by molar-refractivity contribution is 0.0869. The topological polar surface area (TPSA) is 68.2 Å². The lowest BCUT2D eigenvalue weighted by Gasteiger charge is -2.26. The first kappa shape index (κ1) is 19.9. The van der Waals surface area contributed by atoms with Crippen LogP contribution in [0.4, 0.5) is 0 Å². The van der Waals surface area contributed by atoms with Gasteiger partial charge in [0.1, 0.15) is 0 Å². The molecule has 5 nitrogen and oxygen atoms in total. The van der Waals surface area contributed by atoms with Crippen molar-refractivity contribution >= 4 is 0 Å². The molecule has 0 radical (unpaired) electrons. The number of ether oxygens (including phenoxy) is 3. The number of aliphatic hydroxyl groups is 1. The Morgan fingerprint density at radius 1 is 0.846 bits per heavy atom. The van der Waals surface area contributed by atoms with Crippen LogP contribution < -0.4 is 14.2 Å². The highest BCUT2D eigenvalue weighted by molar-refractivity contribution is 5.44. The van der Waals surface area contributed by atoms with E-state index in [0.29, 0.717) is 17.2 Å². The summed E-state index contributed by atoms with van der Waals surface area (Å²) >= 11 is 0. The molecule has 0 bridgehead atoms. The van der Waals surface area contributed by atoms with Gasteiger partial charge in [0.2, 0.25) is 0 Å². The largest absolute Gasteiger partial charge is 0.504 e. The zero-order valence-corrected chi connectivity index (χ0v) is 16.0. The van der Waals surface area contributed by atoms with E-state index < -0.39 is 6.10 Å². The number of phenolic OH excluding ortho intramolecular Hbond substituents is 1. The zero-order chi connectivity index (χ0) is 19.3. The van der Waals surface area contributed by atoms with Crippen LogP contribution in [-0.2, 0) is 6.42 Å². The lowest BCUT2D eigenvalue weighted by atomic mass is 9.83. The van der Waals surface area contributed by atoms with Gasteiger partial charge in [0.15, 0.2) is 23.0 Å². The molecule has 0 amide bonds. The highest BCUT2D eigenvalue weighted by atomic mass is 16.5. The molecule has 0 aromatic heterocycles. The van der Waals surface area contributed by atoms with Gasteiger partial charge in [-0.2, -0.15) is 0 Å². The molecule has 0 aliphatic rings. The van der Waals surface area contributed by atoms with Crippen molar-refractivity contribution in [2.24, 2.45) is 11.8 Å². The predicted molar refractivity (Wildman–Crippen MR) is 101 cm³/mol. The molecule has 0 aliphatic carbocycles. The monoisotopic (exact) mass is 360 g/mol. The Balaban J connectivity index is 2.13. The number of methoxy groups -OCH3 is 3. The zero-order valence-electron chi connectivity index (χ0n) is 16.0. The van der Waals surface area contributed by atoms with Crippen LogP contribution in [0.1, 0.15) is 31.1 Å². The summed E-state index contributed by atoms with van der Waals surface area (Å²) in [4.78, 5) is 0. The van der Waals surface area contributed by atoms with Gasteiger partial charge in [-0.15, -0.1) is 0 Å². The first-order valence-electron chi connectivity index (χ1n) is 8.67. The Morgan fingerprint density at radius 2 is 1.50 bits per heavy atom. The maximum absolute atomic E-state index is 10.8. The predicted octanol–water partition coefficient (Wildman–Crippen LogP) is 3.97. The summed E-state index contributed by atoms with van der Waals surface area (Å²) in [5.41, 5.74) is 1.85. The average Bonchev–Trinajstić information content (AvgIpc) is 2.67. The molecule has 3 atom stereocenters. The quantitative estimate of drug-likeness (QED) is 0.746. The molecule has 0 saturated heterocycles. The minimum atomic E-state index is -0.621.